The van der Waals surface area contributed by atoms with Crippen LogP contribution < -0.4 is 0 Å². The number of aromatic nitrogens is 2. The van der Waals surface area contributed by atoms with E-state index in [1.54, 1.807) is 0 Å². The Morgan fingerprint density at radius 2 is 2.25 bits per heavy atom. The summed E-state index contributed by atoms with van der Waals surface area (Å²) in [7, 11) is 0. The number of imidazole rings is 1. The van der Waals surface area contributed by atoms with Crippen LogP contribution in [0.1, 0.15) is 26.5 Å². The topological polar surface area (TPSA) is 17.8 Å². The Morgan fingerprint density at radius 3 is 2.75 bits per heavy atom. The molecule has 0 saturated carbocycles. The third-order valence-electron chi connectivity index (χ3n) is 1.74. The van der Waals surface area contributed by atoms with Crippen molar-refractivity contribution in [3.05, 3.63) is 18.2 Å². The molecule has 0 radical (unpaired) electrons. The molecule has 1 aromatic rings. The van der Waals surface area contributed by atoms with Crippen molar-refractivity contribution in [2.45, 2.75) is 37.2 Å². The fraction of sp³-hybridized carbons (Fsp3) is 0.667. The second kappa shape index (κ2) is 3.77. The molecule has 0 amide bonds. The maximum absolute atomic E-state index is 4.14. The Kier molecular flexibility index (Phi) is 3.15. The molecule has 2 nitrogen and oxygen atoms in total. The molecule has 1 heterocycles. The Labute approximate surface area is 87.5 Å². The van der Waals surface area contributed by atoms with Crippen molar-refractivity contribution in [1.82, 2.24) is 9.55 Å². The second-order valence-electron chi connectivity index (χ2n) is 3.57. The van der Waals surface area contributed by atoms with E-state index in [2.05, 4.69) is 52.9 Å². The van der Waals surface area contributed by atoms with Gasteiger partial charge in [-0.3, -0.25) is 0 Å². The molecule has 0 N–H and O–H groups in total. The summed E-state index contributed by atoms with van der Waals surface area (Å²) in [5, 5.41) is 0. The SMILES string of the molecule is CCn1cncc1CC(C)(C)I. The fourth-order valence-corrected chi connectivity index (χ4v) is 1.60. The highest BCUT2D eigenvalue weighted by atomic mass is 127. The predicted octanol–water partition coefficient (Wildman–Crippen LogP) is 2.66. The van der Waals surface area contributed by atoms with Gasteiger partial charge in [0.15, 0.2) is 0 Å². The Balaban J connectivity index is 2.75. The van der Waals surface area contributed by atoms with Gasteiger partial charge in [-0.05, 0) is 6.92 Å². The van der Waals surface area contributed by atoms with Crippen LogP contribution in [-0.4, -0.2) is 13.0 Å². The monoisotopic (exact) mass is 278 g/mol. The van der Waals surface area contributed by atoms with E-state index in [4.69, 9.17) is 0 Å². The number of hydrogen-bond acceptors (Lipinski definition) is 1. The summed E-state index contributed by atoms with van der Waals surface area (Å²) >= 11 is 2.47. The number of hydrogen-bond donors (Lipinski definition) is 0. The third kappa shape index (κ3) is 2.77. The normalized spacial score (nSPS) is 12.0. The van der Waals surface area contributed by atoms with Crippen LogP contribution in [0, 0.1) is 0 Å². The molecule has 3 heteroatoms. The summed E-state index contributed by atoms with van der Waals surface area (Å²) in [6.45, 7) is 7.63. The summed E-state index contributed by atoms with van der Waals surface area (Å²) in [6.07, 6.45) is 4.95. The molecule has 1 rings (SSSR count). The lowest BCUT2D eigenvalue weighted by atomic mass is 10.1. The van der Waals surface area contributed by atoms with E-state index in [1.807, 2.05) is 12.5 Å². The number of halogens is 1. The quantitative estimate of drug-likeness (QED) is 0.614. The molecule has 0 atom stereocenters. The number of alkyl halides is 1. The first-order chi connectivity index (χ1) is 5.53. The summed E-state index contributed by atoms with van der Waals surface area (Å²) in [5.74, 6) is 0. The molecule has 68 valence electrons. The average molecular weight is 278 g/mol. The molecule has 1 aromatic heterocycles. The minimum atomic E-state index is 0.324. The molecular weight excluding hydrogens is 263 g/mol. The van der Waals surface area contributed by atoms with Gasteiger partial charge < -0.3 is 4.57 Å². The largest absolute Gasteiger partial charge is 0.335 e. The lowest BCUT2D eigenvalue weighted by Crippen LogP contribution is -2.15. The Hall–Kier alpha value is -0.0600. The molecule has 0 saturated heterocycles. The molecule has 0 aliphatic rings. The second-order valence-corrected chi connectivity index (χ2v) is 6.49. The Bertz CT molecular complexity index is 247. The van der Waals surface area contributed by atoms with Crippen molar-refractivity contribution in [1.29, 1.82) is 0 Å². The van der Waals surface area contributed by atoms with E-state index < -0.39 is 0 Å². The zero-order chi connectivity index (χ0) is 9.19. The summed E-state index contributed by atoms with van der Waals surface area (Å²) in [5.41, 5.74) is 1.33. The maximum Gasteiger partial charge on any atom is 0.0948 e. The highest BCUT2D eigenvalue weighted by molar-refractivity contribution is 14.1. The Morgan fingerprint density at radius 1 is 1.58 bits per heavy atom. The molecule has 0 fully saturated rings. The van der Waals surface area contributed by atoms with Gasteiger partial charge in [-0.1, -0.05) is 36.4 Å². The van der Waals surface area contributed by atoms with Gasteiger partial charge in [0, 0.05) is 28.3 Å². The van der Waals surface area contributed by atoms with Gasteiger partial charge in [0.25, 0.3) is 0 Å². The molecule has 0 aromatic carbocycles. The van der Waals surface area contributed by atoms with Crippen molar-refractivity contribution in [3.8, 4) is 0 Å². The molecular formula is C9H15IN2. The van der Waals surface area contributed by atoms with E-state index in [0.29, 0.717) is 3.42 Å². The minimum absolute atomic E-state index is 0.324. The van der Waals surface area contributed by atoms with E-state index >= 15 is 0 Å². The highest BCUT2D eigenvalue weighted by Gasteiger charge is 2.15. The van der Waals surface area contributed by atoms with Gasteiger partial charge in [0.2, 0.25) is 0 Å². The minimum Gasteiger partial charge on any atom is -0.335 e. The molecule has 0 aliphatic heterocycles. The van der Waals surface area contributed by atoms with Crippen molar-refractivity contribution < 1.29 is 0 Å². The molecule has 0 aliphatic carbocycles. The molecule has 12 heavy (non-hydrogen) atoms. The van der Waals surface area contributed by atoms with Gasteiger partial charge >= 0.3 is 0 Å². The number of aryl methyl sites for hydroxylation is 1. The lowest BCUT2D eigenvalue weighted by molar-refractivity contribution is 0.654. The first kappa shape index (κ1) is 10.0. The van der Waals surface area contributed by atoms with Gasteiger partial charge in [0.1, 0.15) is 0 Å². The van der Waals surface area contributed by atoms with Crippen LogP contribution >= 0.6 is 22.6 Å². The van der Waals surface area contributed by atoms with E-state index in [1.165, 1.54) is 5.69 Å². The molecule has 0 bridgehead atoms. The smallest absolute Gasteiger partial charge is 0.0948 e. The maximum atomic E-state index is 4.14. The van der Waals surface area contributed by atoms with E-state index in [9.17, 15) is 0 Å². The standard InChI is InChI=1S/C9H15IN2/c1-4-12-7-11-6-8(12)5-9(2,3)10/h6-7H,4-5H2,1-3H3. The summed E-state index contributed by atoms with van der Waals surface area (Å²) < 4.78 is 2.52. The third-order valence-corrected chi connectivity index (χ3v) is 2.12. The van der Waals surface area contributed by atoms with Crippen molar-refractivity contribution in [2.75, 3.05) is 0 Å². The summed E-state index contributed by atoms with van der Waals surface area (Å²) in [6, 6.07) is 0. The van der Waals surface area contributed by atoms with E-state index in [0.717, 1.165) is 13.0 Å². The predicted molar refractivity (Wildman–Crippen MR) is 59.7 cm³/mol. The first-order valence-electron chi connectivity index (χ1n) is 4.21. The van der Waals surface area contributed by atoms with Crippen LogP contribution in [0.2, 0.25) is 0 Å². The molecule has 0 spiro atoms. The lowest BCUT2D eigenvalue weighted by Gasteiger charge is -2.16. The zero-order valence-corrected chi connectivity index (χ0v) is 10.00. The van der Waals surface area contributed by atoms with Crippen molar-refractivity contribution >= 4 is 22.6 Å². The summed E-state index contributed by atoms with van der Waals surface area (Å²) in [4.78, 5) is 4.14. The van der Waals surface area contributed by atoms with Crippen LogP contribution in [0.15, 0.2) is 12.5 Å². The molecule has 0 unspecified atom stereocenters. The van der Waals surface area contributed by atoms with Crippen LogP contribution in [0.4, 0.5) is 0 Å². The van der Waals surface area contributed by atoms with Crippen LogP contribution in [0.25, 0.3) is 0 Å². The van der Waals surface area contributed by atoms with E-state index in [-0.39, 0.29) is 0 Å². The number of nitrogens with zero attached hydrogens (tertiary/aromatic N) is 2. The average Bonchev–Trinajstić information content (AvgIpc) is 2.31. The van der Waals surface area contributed by atoms with Crippen LogP contribution in [0.3, 0.4) is 0 Å². The highest BCUT2D eigenvalue weighted by Crippen LogP contribution is 2.22. The van der Waals surface area contributed by atoms with Crippen molar-refractivity contribution in [3.63, 3.8) is 0 Å². The van der Waals surface area contributed by atoms with Crippen molar-refractivity contribution in [2.24, 2.45) is 0 Å². The van der Waals surface area contributed by atoms with Gasteiger partial charge in [-0.15, -0.1) is 0 Å². The number of rotatable bonds is 3. The zero-order valence-electron chi connectivity index (χ0n) is 7.84. The fourth-order valence-electron chi connectivity index (χ4n) is 1.21. The van der Waals surface area contributed by atoms with Gasteiger partial charge in [0.05, 0.1) is 6.33 Å². The first-order valence-corrected chi connectivity index (χ1v) is 5.29. The van der Waals surface area contributed by atoms with Crippen LogP contribution in [-0.2, 0) is 13.0 Å². The van der Waals surface area contributed by atoms with Gasteiger partial charge in [-0.2, -0.15) is 0 Å². The van der Waals surface area contributed by atoms with Crippen LogP contribution in [0.5, 0.6) is 0 Å². The van der Waals surface area contributed by atoms with Gasteiger partial charge in [-0.25, -0.2) is 4.98 Å².